The van der Waals surface area contributed by atoms with Gasteiger partial charge in [0, 0.05) is 42.2 Å². The molecule has 2 aromatic rings. The van der Waals surface area contributed by atoms with Gasteiger partial charge in [-0.25, -0.2) is 0 Å². The highest BCUT2D eigenvalue weighted by molar-refractivity contribution is 6.34. The molecule has 0 unspecified atom stereocenters. The third kappa shape index (κ3) is 5.71. The Morgan fingerprint density at radius 1 is 1.07 bits per heavy atom. The van der Waals surface area contributed by atoms with Crippen LogP contribution in [0.1, 0.15) is 36.0 Å². The molecule has 1 heterocycles. The molecule has 152 valence electrons. The number of hydrogen-bond acceptors (Lipinski definition) is 3. The van der Waals surface area contributed by atoms with Gasteiger partial charge in [0.15, 0.2) is 0 Å². The Hall–Kier alpha value is -2.57. The highest BCUT2D eigenvalue weighted by atomic mass is 35.5. The zero-order valence-corrected chi connectivity index (χ0v) is 17.2. The van der Waals surface area contributed by atoms with Crippen LogP contribution in [0.25, 0.3) is 0 Å². The number of carbonyl (C=O) groups excluding carboxylic acids is 3. The molecule has 3 rings (SSSR count). The van der Waals surface area contributed by atoms with Crippen molar-refractivity contribution in [3.63, 3.8) is 0 Å². The first kappa shape index (κ1) is 21.1. The van der Waals surface area contributed by atoms with Crippen molar-refractivity contribution in [1.82, 2.24) is 5.32 Å². The molecule has 0 aliphatic carbocycles. The Morgan fingerprint density at radius 3 is 2.48 bits per heavy atom. The molecule has 8 heteroatoms. The summed E-state index contributed by atoms with van der Waals surface area (Å²) in [5, 5.41) is 6.54. The molecule has 6 nitrogen and oxygen atoms in total. The number of hydrogen-bond donors (Lipinski definition) is 2. The zero-order chi connectivity index (χ0) is 20.8. The smallest absolute Gasteiger partial charge is 0.251 e. The van der Waals surface area contributed by atoms with E-state index in [-0.39, 0.29) is 24.1 Å². The summed E-state index contributed by atoms with van der Waals surface area (Å²) in [6.45, 7) is 1.04. The number of amides is 3. The second-order valence-electron chi connectivity index (χ2n) is 6.73. The monoisotopic (exact) mass is 433 g/mol. The Balaban J connectivity index is 1.43. The van der Waals surface area contributed by atoms with Crippen molar-refractivity contribution in [2.75, 3.05) is 23.3 Å². The van der Waals surface area contributed by atoms with Gasteiger partial charge in [-0.3, -0.25) is 14.4 Å². The SMILES string of the molecule is O=C(CCCNC(=O)c1ccc(Cl)cc1)Nc1ccc(N2CCCC2=O)c(Cl)c1. The van der Waals surface area contributed by atoms with E-state index in [1.165, 1.54) is 0 Å². The van der Waals surface area contributed by atoms with Crippen LogP contribution in [0, 0.1) is 0 Å². The summed E-state index contributed by atoms with van der Waals surface area (Å²) < 4.78 is 0. The van der Waals surface area contributed by atoms with E-state index in [2.05, 4.69) is 10.6 Å². The maximum atomic E-state index is 12.1. The highest BCUT2D eigenvalue weighted by Gasteiger charge is 2.23. The first-order valence-electron chi connectivity index (χ1n) is 9.37. The minimum absolute atomic E-state index is 0.0596. The Bertz CT molecular complexity index is 916. The van der Waals surface area contributed by atoms with Gasteiger partial charge in [0.05, 0.1) is 10.7 Å². The molecule has 0 atom stereocenters. The Labute approximate surface area is 179 Å². The number of nitrogens with one attached hydrogen (secondary N) is 2. The van der Waals surface area contributed by atoms with E-state index >= 15 is 0 Å². The summed E-state index contributed by atoms with van der Waals surface area (Å²) in [6.07, 6.45) is 2.11. The lowest BCUT2D eigenvalue weighted by atomic mass is 10.2. The van der Waals surface area contributed by atoms with Gasteiger partial charge in [0.25, 0.3) is 5.91 Å². The molecule has 2 aromatic carbocycles. The van der Waals surface area contributed by atoms with Crippen LogP contribution < -0.4 is 15.5 Å². The average molecular weight is 434 g/mol. The second kappa shape index (κ2) is 9.76. The molecule has 0 radical (unpaired) electrons. The molecule has 0 spiro atoms. The van der Waals surface area contributed by atoms with Gasteiger partial charge in [-0.15, -0.1) is 0 Å². The van der Waals surface area contributed by atoms with Crippen LogP contribution in [0.3, 0.4) is 0 Å². The van der Waals surface area contributed by atoms with Crippen LogP contribution >= 0.6 is 23.2 Å². The van der Waals surface area contributed by atoms with Crippen molar-refractivity contribution < 1.29 is 14.4 Å². The van der Waals surface area contributed by atoms with Gasteiger partial charge in [-0.2, -0.15) is 0 Å². The van der Waals surface area contributed by atoms with E-state index < -0.39 is 0 Å². The van der Waals surface area contributed by atoms with E-state index in [1.54, 1.807) is 47.4 Å². The molecule has 1 fully saturated rings. The third-order valence-corrected chi connectivity index (χ3v) is 5.12. The predicted molar refractivity (Wildman–Crippen MR) is 115 cm³/mol. The van der Waals surface area contributed by atoms with E-state index in [0.29, 0.717) is 52.9 Å². The normalized spacial score (nSPS) is 13.4. The first-order chi connectivity index (χ1) is 13.9. The number of anilines is 2. The fraction of sp³-hybridized carbons (Fsp3) is 0.286. The molecule has 1 saturated heterocycles. The lowest BCUT2D eigenvalue weighted by Gasteiger charge is -2.18. The number of rotatable bonds is 7. The van der Waals surface area contributed by atoms with Crippen LogP contribution in [-0.2, 0) is 9.59 Å². The summed E-state index contributed by atoms with van der Waals surface area (Å²) in [6, 6.07) is 11.7. The van der Waals surface area contributed by atoms with Crippen LogP contribution in [-0.4, -0.2) is 30.8 Å². The molecular weight excluding hydrogens is 413 g/mol. The molecule has 2 N–H and O–H groups in total. The van der Waals surface area contributed by atoms with Gasteiger partial charge in [-0.1, -0.05) is 23.2 Å². The summed E-state index contributed by atoms with van der Waals surface area (Å²) >= 11 is 12.1. The maximum Gasteiger partial charge on any atom is 0.251 e. The lowest BCUT2D eigenvalue weighted by molar-refractivity contribution is -0.117. The van der Waals surface area contributed by atoms with Crippen molar-refractivity contribution in [2.24, 2.45) is 0 Å². The van der Waals surface area contributed by atoms with E-state index in [4.69, 9.17) is 23.2 Å². The fourth-order valence-electron chi connectivity index (χ4n) is 3.08. The Morgan fingerprint density at radius 2 is 1.83 bits per heavy atom. The summed E-state index contributed by atoms with van der Waals surface area (Å²) in [4.78, 5) is 37.6. The molecule has 1 aliphatic heterocycles. The third-order valence-electron chi connectivity index (χ3n) is 4.57. The molecule has 3 amide bonds. The number of halogens is 2. The van der Waals surface area contributed by atoms with E-state index in [0.717, 1.165) is 6.42 Å². The van der Waals surface area contributed by atoms with E-state index in [1.807, 2.05) is 0 Å². The fourth-order valence-corrected chi connectivity index (χ4v) is 3.49. The van der Waals surface area contributed by atoms with Crippen molar-refractivity contribution >= 4 is 52.3 Å². The minimum Gasteiger partial charge on any atom is -0.352 e. The molecule has 0 bridgehead atoms. The number of carbonyl (C=O) groups is 3. The molecule has 1 aliphatic rings. The predicted octanol–water partition coefficient (Wildman–Crippen LogP) is 4.27. The van der Waals surface area contributed by atoms with Gasteiger partial charge >= 0.3 is 0 Å². The Kier molecular flexibility index (Phi) is 7.12. The standard InChI is InChI=1S/C21H21Cl2N3O3/c22-15-7-5-14(6-8-15)21(29)24-11-1-3-19(27)25-16-9-10-18(17(23)13-16)26-12-2-4-20(26)28/h5-10,13H,1-4,11-12H2,(H,24,29)(H,25,27). The summed E-state index contributed by atoms with van der Waals surface area (Å²) in [5.41, 5.74) is 1.75. The second-order valence-corrected chi connectivity index (χ2v) is 7.57. The molecule has 0 aromatic heterocycles. The number of nitrogens with zero attached hydrogens (tertiary/aromatic N) is 1. The van der Waals surface area contributed by atoms with Gasteiger partial charge in [0.2, 0.25) is 11.8 Å². The summed E-state index contributed by atoms with van der Waals surface area (Å²) in [7, 11) is 0. The van der Waals surface area contributed by atoms with Crippen LogP contribution in [0.4, 0.5) is 11.4 Å². The zero-order valence-electron chi connectivity index (χ0n) is 15.7. The van der Waals surface area contributed by atoms with Crippen molar-refractivity contribution in [1.29, 1.82) is 0 Å². The van der Waals surface area contributed by atoms with Gasteiger partial charge in [0.1, 0.15) is 0 Å². The average Bonchev–Trinajstić information content (AvgIpc) is 3.11. The number of benzene rings is 2. The largest absolute Gasteiger partial charge is 0.352 e. The van der Waals surface area contributed by atoms with Crippen molar-refractivity contribution in [3.8, 4) is 0 Å². The minimum atomic E-state index is -0.207. The van der Waals surface area contributed by atoms with Crippen LogP contribution in [0.2, 0.25) is 10.0 Å². The van der Waals surface area contributed by atoms with E-state index in [9.17, 15) is 14.4 Å². The lowest BCUT2D eigenvalue weighted by Crippen LogP contribution is -2.25. The molecule has 0 saturated carbocycles. The molecular formula is C21H21Cl2N3O3. The van der Waals surface area contributed by atoms with Crippen molar-refractivity contribution in [2.45, 2.75) is 25.7 Å². The topological polar surface area (TPSA) is 78.5 Å². The maximum absolute atomic E-state index is 12.1. The first-order valence-corrected chi connectivity index (χ1v) is 10.1. The highest BCUT2D eigenvalue weighted by Crippen LogP contribution is 2.31. The van der Waals surface area contributed by atoms with Gasteiger partial charge in [-0.05, 0) is 55.3 Å². The van der Waals surface area contributed by atoms with Crippen LogP contribution in [0.5, 0.6) is 0 Å². The van der Waals surface area contributed by atoms with Crippen molar-refractivity contribution in [3.05, 3.63) is 58.1 Å². The van der Waals surface area contributed by atoms with Crippen LogP contribution in [0.15, 0.2) is 42.5 Å². The quantitative estimate of drug-likeness (QED) is 0.639. The molecule has 29 heavy (non-hydrogen) atoms. The summed E-state index contributed by atoms with van der Waals surface area (Å²) in [5.74, 6) is -0.322. The van der Waals surface area contributed by atoms with Gasteiger partial charge < -0.3 is 15.5 Å².